The van der Waals surface area contributed by atoms with E-state index in [1.807, 2.05) is 12.3 Å². The average molecular weight is 235 g/mol. The highest BCUT2D eigenvalue weighted by atomic mass is 16.5. The Hall–Kier alpha value is -1.13. The van der Waals surface area contributed by atoms with Gasteiger partial charge in [0, 0.05) is 44.4 Å². The summed E-state index contributed by atoms with van der Waals surface area (Å²) in [7, 11) is 1.76. The van der Waals surface area contributed by atoms with Gasteiger partial charge in [-0.2, -0.15) is 0 Å². The molecule has 0 bridgehead atoms. The van der Waals surface area contributed by atoms with Crippen molar-refractivity contribution in [2.75, 3.05) is 31.7 Å². The fraction of sp³-hybridized carbons (Fsp3) is 0.615. The Bertz CT molecular complexity index is 381. The Kier molecular flexibility index (Phi) is 3.97. The molecule has 0 aromatic carbocycles. The lowest BCUT2D eigenvalue weighted by Gasteiger charge is -2.21. The first-order valence-electron chi connectivity index (χ1n) is 6.14. The van der Waals surface area contributed by atoms with Crippen molar-refractivity contribution in [2.24, 2.45) is 11.7 Å². The van der Waals surface area contributed by atoms with Crippen LogP contribution in [0.2, 0.25) is 0 Å². The van der Waals surface area contributed by atoms with Crippen molar-refractivity contribution in [1.29, 1.82) is 0 Å². The van der Waals surface area contributed by atoms with Crippen molar-refractivity contribution in [3.8, 4) is 0 Å². The van der Waals surface area contributed by atoms with Crippen LogP contribution in [0.25, 0.3) is 0 Å². The second-order valence-electron chi connectivity index (χ2n) is 4.69. The summed E-state index contributed by atoms with van der Waals surface area (Å²) < 4.78 is 5.22. The smallest absolute Gasteiger partial charge is 0.133 e. The normalized spacial score (nSPS) is 19.9. The first-order valence-corrected chi connectivity index (χ1v) is 6.14. The van der Waals surface area contributed by atoms with Crippen molar-refractivity contribution in [3.05, 3.63) is 23.4 Å². The molecule has 0 spiro atoms. The van der Waals surface area contributed by atoms with Gasteiger partial charge in [0.25, 0.3) is 0 Å². The number of methoxy groups -OCH3 is 1. The van der Waals surface area contributed by atoms with E-state index in [1.54, 1.807) is 7.11 Å². The summed E-state index contributed by atoms with van der Waals surface area (Å²) in [5.41, 5.74) is 8.22. The van der Waals surface area contributed by atoms with Gasteiger partial charge >= 0.3 is 0 Å². The van der Waals surface area contributed by atoms with E-state index in [-0.39, 0.29) is 0 Å². The van der Waals surface area contributed by atoms with E-state index in [1.165, 1.54) is 17.5 Å². The van der Waals surface area contributed by atoms with Gasteiger partial charge in [0.15, 0.2) is 0 Å². The second-order valence-corrected chi connectivity index (χ2v) is 4.69. The maximum absolute atomic E-state index is 5.82. The molecular weight excluding hydrogens is 214 g/mol. The fourth-order valence-electron chi connectivity index (χ4n) is 2.50. The van der Waals surface area contributed by atoms with E-state index in [0.717, 1.165) is 25.5 Å². The number of hydrogen-bond donors (Lipinski definition) is 1. The highest BCUT2D eigenvalue weighted by Gasteiger charge is 2.25. The quantitative estimate of drug-likeness (QED) is 0.855. The Labute approximate surface area is 103 Å². The zero-order valence-electron chi connectivity index (χ0n) is 10.6. The topological polar surface area (TPSA) is 51.4 Å². The van der Waals surface area contributed by atoms with Gasteiger partial charge in [-0.25, -0.2) is 4.98 Å². The van der Waals surface area contributed by atoms with Crippen LogP contribution in [0.4, 0.5) is 5.82 Å². The number of pyridine rings is 1. The number of anilines is 1. The lowest BCUT2D eigenvalue weighted by Crippen LogP contribution is -2.24. The third-order valence-electron chi connectivity index (χ3n) is 3.46. The Morgan fingerprint density at radius 2 is 2.41 bits per heavy atom. The molecule has 1 atom stereocenters. The van der Waals surface area contributed by atoms with Gasteiger partial charge < -0.3 is 15.4 Å². The van der Waals surface area contributed by atoms with E-state index in [4.69, 9.17) is 10.5 Å². The minimum Gasteiger partial charge on any atom is -0.384 e. The van der Waals surface area contributed by atoms with Gasteiger partial charge in [-0.05, 0) is 25.0 Å². The van der Waals surface area contributed by atoms with Crippen LogP contribution in [0, 0.1) is 12.8 Å². The van der Waals surface area contributed by atoms with Crippen LogP contribution >= 0.6 is 0 Å². The minimum atomic E-state index is 0.556. The van der Waals surface area contributed by atoms with Crippen LogP contribution < -0.4 is 10.6 Å². The molecule has 0 radical (unpaired) electrons. The van der Waals surface area contributed by atoms with Gasteiger partial charge in [0.2, 0.25) is 0 Å². The molecule has 1 unspecified atom stereocenters. The highest BCUT2D eigenvalue weighted by Crippen LogP contribution is 2.26. The molecule has 17 heavy (non-hydrogen) atoms. The van der Waals surface area contributed by atoms with Crippen molar-refractivity contribution in [3.63, 3.8) is 0 Å². The number of ether oxygens (including phenoxy) is 1. The van der Waals surface area contributed by atoms with E-state index < -0.39 is 0 Å². The largest absolute Gasteiger partial charge is 0.384 e. The summed E-state index contributed by atoms with van der Waals surface area (Å²) in [5, 5.41) is 0. The van der Waals surface area contributed by atoms with Gasteiger partial charge in [0.05, 0.1) is 6.61 Å². The zero-order valence-corrected chi connectivity index (χ0v) is 10.6. The monoisotopic (exact) mass is 235 g/mol. The van der Waals surface area contributed by atoms with E-state index >= 15 is 0 Å². The van der Waals surface area contributed by atoms with Gasteiger partial charge in [-0.3, -0.25) is 0 Å². The highest BCUT2D eigenvalue weighted by molar-refractivity contribution is 5.51. The number of aromatic nitrogens is 1. The van der Waals surface area contributed by atoms with Crippen LogP contribution in [-0.4, -0.2) is 31.8 Å². The first kappa shape index (κ1) is 12.3. The van der Waals surface area contributed by atoms with Crippen molar-refractivity contribution in [2.45, 2.75) is 19.9 Å². The van der Waals surface area contributed by atoms with Crippen molar-refractivity contribution < 1.29 is 4.74 Å². The summed E-state index contributed by atoms with van der Waals surface area (Å²) in [6.07, 6.45) is 3.04. The lowest BCUT2D eigenvalue weighted by molar-refractivity contribution is 0.161. The summed E-state index contributed by atoms with van der Waals surface area (Å²) >= 11 is 0. The number of hydrogen-bond acceptors (Lipinski definition) is 4. The molecule has 4 nitrogen and oxygen atoms in total. The average Bonchev–Trinajstić information content (AvgIpc) is 2.78. The zero-order chi connectivity index (χ0) is 12.3. The van der Waals surface area contributed by atoms with E-state index in [9.17, 15) is 0 Å². The Morgan fingerprint density at radius 1 is 1.59 bits per heavy atom. The first-order chi connectivity index (χ1) is 8.26. The molecule has 4 heteroatoms. The van der Waals surface area contributed by atoms with Crippen LogP contribution in [0.1, 0.15) is 17.5 Å². The van der Waals surface area contributed by atoms with Gasteiger partial charge in [-0.15, -0.1) is 0 Å². The molecule has 2 rings (SSSR count). The number of aryl methyl sites for hydroxylation is 1. The molecule has 0 amide bonds. The van der Waals surface area contributed by atoms with Crippen molar-refractivity contribution >= 4 is 5.82 Å². The molecule has 1 fully saturated rings. The standard InChI is InChI=1S/C13H21N3O/c1-10-3-5-15-13(12(10)7-14)16-6-4-11(8-16)9-17-2/h3,5,11H,4,6-9,14H2,1-2H3. The molecule has 1 aliphatic heterocycles. The summed E-state index contributed by atoms with van der Waals surface area (Å²) in [6.45, 7) is 5.56. The number of nitrogens with two attached hydrogens (primary N) is 1. The molecule has 0 aliphatic carbocycles. The van der Waals surface area contributed by atoms with Crippen LogP contribution in [-0.2, 0) is 11.3 Å². The van der Waals surface area contributed by atoms with Crippen molar-refractivity contribution in [1.82, 2.24) is 4.98 Å². The molecule has 2 heterocycles. The van der Waals surface area contributed by atoms with E-state index in [0.29, 0.717) is 12.5 Å². The predicted octanol–water partition coefficient (Wildman–Crippen LogP) is 1.32. The summed E-state index contributed by atoms with van der Waals surface area (Å²) in [4.78, 5) is 6.82. The molecule has 94 valence electrons. The molecule has 1 aliphatic rings. The van der Waals surface area contributed by atoms with Crippen LogP contribution in [0.15, 0.2) is 12.3 Å². The van der Waals surface area contributed by atoms with Crippen LogP contribution in [0.3, 0.4) is 0 Å². The fourth-order valence-corrected chi connectivity index (χ4v) is 2.50. The van der Waals surface area contributed by atoms with Gasteiger partial charge in [0.1, 0.15) is 5.82 Å². The molecular formula is C13H21N3O. The van der Waals surface area contributed by atoms with Gasteiger partial charge in [-0.1, -0.05) is 0 Å². The lowest BCUT2D eigenvalue weighted by atomic mass is 10.1. The minimum absolute atomic E-state index is 0.556. The Morgan fingerprint density at radius 3 is 3.12 bits per heavy atom. The predicted molar refractivity (Wildman–Crippen MR) is 69.1 cm³/mol. The number of nitrogens with zero attached hydrogens (tertiary/aromatic N) is 2. The third kappa shape index (κ3) is 2.58. The van der Waals surface area contributed by atoms with Crippen LogP contribution in [0.5, 0.6) is 0 Å². The Balaban J connectivity index is 2.15. The van der Waals surface area contributed by atoms with E-state index in [2.05, 4.69) is 16.8 Å². The third-order valence-corrected chi connectivity index (χ3v) is 3.46. The molecule has 1 aromatic rings. The molecule has 2 N–H and O–H groups in total. The molecule has 1 aromatic heterocycles. The maximum Gasteiger partial charge on any atom is 0.133 e. The molecule has 1 saturated heterocycles. The second kappa shape index (κ2) is 5.47. The molecule has 0 saturated carbocycles. The maximum atomic E-state index is 5.82. The summed E-state index contributed by atoms with van der Waals surface area (Å²) in [5.74, 6) is 1.68. The summed E-state index contributed by atoms with van der Waals surface area (Å²) in [6, 6.07) is 2.02. The SMILES string of the molecule is COCC1CCN(c2nccc(C)c2CN)C1. The number of rotatable bonds is 4.